The molecular weight excluding hydrogens is 460 g/mol. The van der Waals surface area contributed by atoms with Crippen LogP contribution in [0.15, 0.2) is 48.5 Å². The van der Waals surface area contributed by atoms with Crippen molar-refractivity contribution >= 4 is 17.6 Å². The Bertz CT molecular complexity index is 1080. The molecule has 1 atom stereocenters. The maximum absolute atomic E-state index is 12.7. The number of nitrogens with one attached hydrogen (secondary N) is 2. The lowest BCUT2D eigenvalue weighted by Gasteiger charge is -2.24. The molecular formula is C27H32N4O5. The standard InChI is InChI=1S/C27H32N4O5/c1-28-26(33)25(27(34)29-35)30(2)19-24(32)23-12-10-21(11-13-23)5-4-20-6-8-22(9-7-20)18-31-14-3-16-36-17-15-31/h6-13,25,35H,3,14-19H2,1-2H3,(H,28,33)(H,29,34). The molecule has 9 heteroatoms. The van der Waals surface area contributed by atoms with Crippen molar-refractivity contribution < 1.29 is 24.3 Å². The summed E-state index contributed by atoms with van der Waals surface area (Å²) in [6, 6.07) is 13.7. The number of hydrogen-bond donors (Lipinski definition) is 3. The van der Waals surface area contributed by atoms with E-state index in [0.717, 1.165) is 50.4 Å². The minimum Gasteiger partial charge on any atom is -0.380 e. The molecule has 0 aliphatic carbocycles. The Hall–Kier alpha value is -3.55. The number of nitrogens with zero attached hydrogens (tertiary/aromatic N) is 2. The van der Waals surface area contributed by atoms with E-state index in [-0.39, 0.29) is 12.3 Å². The zero-order valence-electron chi connectivity index (χ0n) is 20.6. The van der Waals surface area contributed by atoms with E-state index >= 15 is 0 Å². The molecule has 36 heavy (non-hydrogen) atoms. The molecule has 1 saturated heterocycles. The predicted molar refractivity (Wildman–Crippen MR) is 134 cm³/mol. The lowest BCUT2D eigenvalue weighted by atomic mass is 10.1. The van der Waals surface area contributed by atoms with Gasteiger partial charge in [0, 0.05) is 50.0 Å². The van der Waals surface area contributed by atoms with Gasteiger partial charge in [0.05, 0.1) is 13.2 Å². The summed E-state index contributed by atoms with van der Waals surface area (Å²) in [6.45, 7) is 4.32. The third-order valence-corrected chi connectivity index (χ3v) is 5.92. The summed E-state index contributed by atoms with van der Waals surface area (Å²) in [5.74, 6) is 4.43. The first kappa shape index (κ1) is 27.0. The van der Waals surface area contributed by atoms with Crippen molar-refractivity contribution in [2.45, 2.75) is 19.0 Å². The molecule has 3 rings (SSSR count). The number of likely N-dealkylation sites (N-methyl/N-ethyl adjacent to an activating group) is 2. The summed E-state index contributed by atoms with van der Waals surface area (Å²) in [5.41, 5.74) is 4.79. The summed E-state index contributed by atoms with van der Waals surface area (Å²) in [4.78, 5) is 40.1. The average molecular weight is 493 g/mol. The van der Waals surface area contributed by atoms with Gasteiger partial charge in [0.2, 0.25) is 5.91 Å². The molecule has 3 N–H and O–H groups in total. The second kappa shape index (κ2) is 13.5. The number of ketones is 1. The fourth-order valence-electron chi connectivity index (χ4n) is 3.92. The van der Waals surface area contributed by atoms with Crippen LogP contribution in [0.25, 0.3) is 0 Å². The van der Waals surface area contributed by atoms with Crippen LogP contribution < -0.4 is 10.8 Å². The topological polar surface area (TPSA) is 111 Å². The molecule has 0 radical (unpaired) electrons. The Morgan fingerprint density at radius 3 is 2.25 bits per heavy atom. The van der Waals surface area contributed by atoms with Gasteiger partial charge < -0.3 is 10.1 Å². The Kier molecular flexibility index (Phi) is 10.2. The van der Waals surface area contributed by atoms with E-state index in [0.29, 0.717) is 5.56 Å². The van der Waals surface area contributed by atoms with Crippen molar-refractivity contribution in [1.82, 2.24) is 20.6 Å². The lowest BCUT2D eigenvalue weighted by Crippen LogP contribution is -2.54. The number of amides is 2. The molecule has 1 unspecified atom stereocenters. The van der Waals surface area contributed by atoms with Crippen molar-refractivity contribution in [2.24, 2.45) is 0 Å². The van der Waals surface area contributed by atoms with Gasteiger partial charge in [0.1, 0.15) is 0 Å². The van der Waals surface area contributed by atoms with Crippen molar-refractivity contribution in [2.75, 3.05) is 46.9 Å². The van der Waals surface area contributed by atoms with E-state index in [9.17, 15) is 14.4 Å². The highest BCUT2D eigenvalue weighted by Gasteiger charge is 2.31. The van der Waals surface area contributed by atoms with Gasteiger partial charge >= 0.3 is 0 Å². The van der Waals surface area contributed by atoms with Crippen LogP contribution in [-0.2, 0) is 20.9 Å². The second-order valence-corrected chi connectivity index (χ2v) is 8.60. The molecule has 1 heterocycles. The third kappa shape index (κ3) is 7.73. The van der Waals surface area contributed by atoms with Crippen LogP contribution in [0.5, 0.6) is 0 Å². The monoisotopic (exact) mass is 492 g/mol. The molecule has 1 fully saturated rings. The molecule has 2 aromatic carbocycles. The predicted octanol–water partition coefficient (Wildman–Crippen LogP) is 1.04. The number of hydrogen-bond acceptors (Lipinski definition) is 7. The van der Waals surface area contributed by atoms with Crippen LogP contribution >= 0.6 is 0 Å². The summed E-state index contributed by atoms with van der Waals surface area (Å²) < 4.78 is 5.51. The Labute approximate surface area is 211 Å². The van der Waals surface area contributed by atoms with Crippen LogP contribution in [0.4, 0.5) is 0 Å². The van der Waals surface area contributed by atoms with Gasteiger partial charge in [-0.1, -0.05) is 36.1 Å². The molecule has 0 saturated carbocycles. The molecule has 1 aliphatic rings. The van der Waals surface area contributed by atoms with Gasteiger partial charge in [0.25, 0.3) is 5.91 Å². The smallest absolute Gasteiger partial charge is 0.270 e. The van der Waals surface area contributed by atoms with E-state index in [1.807, 2.05) is 12.1 Å². The Balaban J connectivity index is 1.58. The fraction of sp³-hybridized carbons (Fsp3) is 0.370. The van der Waals surface area contributed by atoms with Gasteiger partial charge in [-0.15, -0.1) is 0 Å². The van der Waals surface area contributed by atoms with Gasteiger partial charge in [0.15, 0.2) is 11.8 Å². The first-order valence-electron chi connectivity index (χ1n) is 11.8. The number of Topliss-reactive ketones (excluding diaryl/α,β-unsaturated/α-hetero) is 1. The molecule has 190 valence electrons. The molecule has 9 nitrogen and oxygen atoms in total. The average Bonchev–Trinajstić information content (AvgIpc) is 3.17. The molecule has 2 aromatic rings. The summed E-state index contributed by atoms with van der Waals surface area (Å²) in [7, 11) is 2.83. The van der Waals surface area contributed by atoms with Crippen molar-refractivity contribution in [3.8, 4) is 11.8 Å². The number of ether oxygens (including phenoxy) is 1. The van der Waals surface area contributed by atoms with Crippen LogP contribution in [0.3, 0.4) is 0 Å². The summed E-state index contributed by atoms with van der Waals surface area (Å²) in [5, 5.41) is 11.2. The quantitative estimate of drug-likeness (QED) is 0.166. The lowest BCUT2D eigenvalue weighted by molar-refractivity contribution is -0.141. The first-order chi connectivity index (χ1) is 17.4. The molecule has 0 spiro atoms. The number of rotatable bonds is 8. The maximum atomic E-state index is 12.7. The van der Waals surface area contributed by atoms with E-state index < -0.39 is 17.9 Å². The normalized spacial score (nSPS) is 14.8. The summed E-state index contributed by atoms with van der Waals surface area (Å²) in [6.07, 6.45) is 1.06. The van der Waals surface area contributed by atoms with Gasteiger partial charge in [-0.3, -0.25) is 29.4 Å². The fourth-order valence-corrected chi connectivity index (χ4v) is 3.92. The number of carbonyl (C=O) groups excluding carboxylic acids is 3. The highest BCUT2D eigenvalue weighted by atomic mass is 16.5. The molecule has 2 amide bonds. The first-order valence-corrected chi connectivity index (χ1v) is 11.8. The van der Waals surface area contributed by atoms with Crippen LogP contribution in [0.2, 0.25) is 0 Å². The summed E-state index contributed by atoms with van der Waals surface area (Å²) >= 11 is 0. The van der Waals surface area contributed by atoms with E-state index in [1.165, 1.54) is 30.0 Å². The Morgan fingerprint density at radius 2 is 1.64 bits per heavy atom. The zero-order chi connectivity index (χ0) is 25.9. The van der Waals surface area contributed by atoms with Gasteiger partial charge in [-0.25, -0.2) is 5.48 Å². The van der Waals surface area contributed by atoms with Gasteiger partial charge in [-0.05, 0) is 43.3 Å². The van der Waals surface area contributed by atoms with Crippen molar-refractivity contribution in [1.29, 1.82) is 0 Å². The Morgan fingerprint density at radius 1 is 1.00 bits per heavy atom. The molecule has 0 aromatic heterocycles. The minimum absolute atomic E-state index is 0.187. The highest BCUT2D eigenvalue weighted by molar-refractivity contribution is 6.05. The number of benzene rings is 2. The van der Waals surface area contributed by atoms with E-state index in [4.69, 9.17) is 9.94 Å². The minimum atomic E-state index is -1.33. The number of carbonyl (C=O) groups is 3. The highest BCUT2D eigenvalue weighted by Crippen LogP contribution is 2.11. The van der Waals surface area contributed by atoms with Crippen LogP contribution in [0.1, 0.15) is 33.5 Å². The van der Waals surface area contributed by atoms with Gasteiger partial charge in [-0.2, -0.15) is 0 Å². The van der Waals surface area contributed by atoms with Crippen LogP contribution in [-0.4, -0.2) is 85.6 Å². The van der Waals surface area contributed by atoms with E-state index in [2.05, 4.69) is 34.2 Å². The SMILES string of the molecule is CNC(=O)C(C(=O)NO)N(C)CC(=O)c1ccc(C#Cc2ccc(CN3CCCOCC3)cc2)cc1. The van der Waals surface area contributed by atoms with Crippen LogP contribution in [0, 0.1) is 11.8 Å². The largest absolute Gasteiger partial charge is 0.380 e. The second-order valence-electron chi connectivity index (χ2n) is 8.60. The van der Waals surface area contributed by atoms with Crippen molar-refractivity contribution in [3.63, 3.8) is 0 Å². The van der Waals surface area contributed by atoms with E-state index in [1.54, 1.807) is 24.3 Å². The zero-order valence-corrected chi connectivity index (χ0v) is 20.6. The number of hydroxylamine groups is 1. The third-order valence-electron chi connectivity index (χ3n) is 5.92. The maximum Gasteiger partial charge on any atom is 0.270 e. The molecule has 0 bridgehead atoms. The molecule has 1 aliphatic heterocycles. The van der Waals surface area contributed by atoms with Crippen molar-refractivity contribution in [3.05, 3.63) is 70.8 Å².